The molecular formula is C14H13Cl2NO2. The van der Waals surface area contributed by atoms with Gasteiger partial charge >= 0.3 is 0 Å². The van der Waals surface area contributed by atoms with Crippen molar-refractivity contribution in [3.63, 3.8) is 0 Å². The quantitative estimate of drug-likeness (QED) is 0.847. The van der Waals surface area contributed by atoms with Crippen molar-refractivity contribution in [3.8, 4) is 5.75 Å². The van der Waals surface area contributed by atoms with Crippen LogP contribution in [0, 0.1) is 0 Å². The average molecular weight is 298 g/mol. The van der Waals surface area contributed by atoms with Crippen LogP contribution < -0.4 is 10.5 Å². The SMILES string of the molecule is Nc1cc(Cl)c(OCc2ccc(CO)cc2)c(Cl)c1. The molecule has 0 saturated heterocycles. The minimum atomic E-state index is 0.0246. The van der Waals surface area contributed by atoms with Crippen LogP contribution in [0.5, 0.6) is 5.75 Å². The number of anilines is 1. The van der Waals surface area contributed by atoms with E-state index in [1.807, 2.05) is 24.3 Å². The monoisotopic (exact) mass is 297 g/mol. The number of nitrogen functional groups attached to an aromatic ring is 1. The molecule has 0 aromatic heterocycles. The third kappa shape index (κ3) is 3.53. The Morgan fingerprint density at radius 1 is 1.00 bits per heavy atom. The molecule has 2 aromatic rings. The molecule has 3 N–H and O–H groups in total. The minimum absolute atomic E-state index is 0.0246. The van der Waals surface area contributed by atoms with Crippen LogP contribution in [0.25, 0.3) is 0 Å². The summed E-state index contributed by atoms with van der Waals surface area (Å²) in [5.74, 6) is 0.420. The lowest BCUT2D eigenvalue weighted by atomic mass is 10.1. The fraction of sp³-hybridized carbons (Fsp3) is 0.143. The van der Waals surface area contributed by atoms with Gasteiger partial charge in [-0.2, -0.15) is 0 Å². The van der Waals surface area contributed by atoms with Crippen molar-refractivity contribution in [2.75, 3.05) is 5.73 Å². The summed E-state index contributed by atoms with van der Waals surface area (Å²) in [6.45, 7) is 0.367. The first-order valence-corrected chi connectivity index (χ1v) is 6.41. The molecule has 0 unspecified atom stereocenters. The number of halogens is 2. The predicted octanol–water partition coefficient (Wildman–Crippen LogP) is 3.65. The lowest BCUT2D eigenvalue weighted by molar-refractivity contribution is 0.281. The molecule has 5 heteroatoms. The number of rotatable bonds is 4. The van der Waals surface area contributed by atoms with Crippen LogP contribution in [0.15, 0.2) is 36.4 Å². The molecule has 2 rings (SSSR count). The summed E-state index contributed by atoms with van der Waals surface area (Å²) in [7, 11) is 0. The van der Waals surface area contributed by atoms with Crippen molar-refractivity contribution in [1.29, 1.82) is 0 Å². The lowest BCUT2D eigenvalue weighted by Gasteiger charge is -2.11. The summed E-state index contributed by atoms with van der Waals surface area (Å²) >= 11 is 12.1. The van der Waals surface area contributed by atoms with Gasteiger partial charge in [0.25, 0.3) is 0 Å². The topological polar surface area (TPSA) is 55.5 Å². The molecular weight excluding hydrogens is 285 g/mol. The van der Waals surface area contributed by atoms with Crippen molar-refractivity contribution >= 4 is 28.9 Å². The van der Waals surface area contributed by atoms with E-state index in [0.29, 0.717) is 28.1 Å². The molecule has 0 fully saturated rings. The van der Waals surface area contributed by atoms with Gasteiger partial charge in [-0.05, 0) is 23.3 Å². The van der Waals surface area contributed by atoms with Crippen LogP contribution in [-0.4, -0.2) is 5.11 Å². The van der Waals surface area contributed by atoms with Crippen molar-refractivity contribution in [2.24, 2.45) is 0 Å². The van der Waals surface area contributed by atoms with E-state index < -0.39 is 0 Å². The summed E-state index contributed by atoms with van der Waals surface area (Å²) in [4.78, 5) is 0. The molecule has 100 valence electrons. The van der Waals surface area contributed by atoms with E-state index in [1.54, 1.807) is 12.1 Å². The zero-order chi connectivity index (χ0) is 13.8. The fourth-order valence-corrected chi connectivity index (χ4v) is 2.23. The van der Waals surface area contributed by atoms with Crippen LogP contribution in [-0.2, 0) is 13.2 Å². The molecule has 3 nitrogen and oxygen atoms in total. The molecule has 2 aromatic carbocycles. The average Bonchev–Trinajstić information content (AvgIpc) is 2.38. The summed E-state index contributed by atoms with van der Waals surface area (Å²) in [5.41, 5.74) is 7.93. The Morgan fingerprint density at radius 3 is 2.05 bits per heavy atom. The molecule has 0 amide bonds. The molecule has 0 bridgehead atoms. The fourth-order valence-electron chi connectivity index (χ4n) is 1.61. The molecule has 0 aliphatic rings. The standard InChI is InChI=1S/C14H13Cl2NO2/c15-12-5-11(17)6-13(16)14(12)19-8-10-3-1-9(7-18)2-4-10/h1-6,18H,7-8,17H2. The number of aliphatic hydroxyl groups is 1. The normalized spacial score (nSPS) is 10.5. The molecule has 0 spiro atoms. The highest BCUT2D eigenvalue weighted by Gasteiger charge is 2.09. The van der Waals surface area contributed by atoms with E-state index in [2.05, 4.69) is 0 Å². The number of nitrogens with two attached hydrogens (primary N) is 1. The predicted molar refractivity (Wildman–Crippen MR) is 77.6 cm³/mol. The maximum atomic E-state index is 8.96. The Labute approximate surface area is 121 Å². The largest absolute Gasteiger partial charge is 0.486 e. The van der Waals surface area contributed by atoms with Crippen LogP contribution in [0.1, 0.15) is 11.1 Å². The van der Waals surface area contributed by atoms with E-state index >= 15 is 0 Å². The summed E-state index contributed by atoms with van der Waals surface area (Å²) in [5, 5.41) is 9.73. The van der Waals surface area contributed by atoms with Gasteiger partial charge in [0.15, 0.2) is 5.75 Å². The number of benzene rings is 2. The number of ether oxygens (including phenoxy) is 1. The number of hydrogen-bond donors (Lipinski definition) is 2. The third-order valence-electron chi connectivity index (χ3n) is 2.61. The third-order valence-corrected chi connectivity index (χ3v) is 3.17. The molecule has 0 aliphatic heterocycles. The minimum Gasteiger partial charge on any atom is -0.486 e. The Hall–Kier alpha value is -1.42. The Morgan fingerprint density at radius 2 is 1.53 bits per heavy atom. The van der Waals surface area contributed by atoms with Gasteiger partial charge in [-0.15, -0.1) is 0 Å². The van der Waals surface area contributed by atoms with Crippen LogP contribution in [0.4, 0.5) is 5.69 Å². The molecule has 0 aliphatic carbocycles. The van der Waals surface area contributed by atoms with Gasteiger partial charge in [-0.1, -0.05) is 47.5 Å². The van der Waals surface area contributed by atoms with Gasteiger partial charge in [0, 0.05) is 5.69 Å². The first kappa shape index (κ1) is 14.0. The van der Waals surface area contributed by atoms with Crippen LogP contribution in [0.2, 0.25) is 10.0 Å². The number of aliphatic hydroxyl groups excluding tert-OH is 1. The first-order chi connectivity index (χ1) is 9.10. The van der Waals surface area contributed by atoms with Gasteiger partial charge in [0.05, 0.1) is 16.7 Å². The van der Waals surface area contributed by atoms with Crippen molar-refractivity contribution in [2.45, 2.75) is 13.2 Å². The van der Waals surface area contributed by atoms with E-state index in [4.69, 9.17) is 38.8 Å². The van der Waals surface area contributed by atoms with E-state index in [-0.39, 0.29) is 6.61 Å². The second-order valence-corrected chi connectivity index (χ2v) is 4.89. The van der Waals surface area contributed by atoms with Gasteiger partial charge in [-0.25, -0.2) is 0 Å². The summed E-state index contributed by atoms with van der Waals surface area (Å²) in [6, 6.07) is 10.6. The van der Waals surface area contributed by atoms with Crippen molar-refractivity contribution in [1.82, 2.24) is 0 Å². The van der Waals surface area contributed by atoms with Crippen LogP contribution >= 0.6 is 23.2 Å². The summed E-state index contributed by atoms with van der Waals surface area (Å²) < 4.78 is 5.60. The van der Waals surface area contributed by atoms with Gasteiger partial charge in [-0.3, -0.25) is 0 Å². The maximum absolute atomic E-state index is 8.96. The number of hydrogen-bond acceptors (Lipinski definition) is 3. The van der Waals surface area contributed by atoms with Crippen LogP contribution in [0.3, 0.4) is 0 Å². The zero-order valence-electron chi connectivity index (χ0n) is 10.1. The Bertz CT molecular complexity index is 547. The van der Waals surface area contributed by atoms with E-state index in [9.17, 15) is 0 Å². The molecule has 0 heterocycles. The van der Waals surface area contributed by atoms with Crippen molar-refractivity contribution in [3.05, 3.63) is 57.6 Å². The van der Waals surface area contributed by atoms with Gasteiger partial charge in [0.2, 0.25) is 0 Å². The van der Waals surface area contributed by atoms with E-state index in [1.165, 1.54) is 0 Å². The molecule has 0 saturated carbocycles. The first-order valence-electron chi connectivity index (χ1n) is 5.66. The highest BCUT2D eigenvalue weighted by atomic mass is 35.5. The Kier molecular flexibility index (Phi) is 4.53. The van der Waals surface area contributed by atoms with Crippen molar-refractivity contribution < 1.29 is 9.84 Å². The second kappa shape index (κ2) is 6.15. The molecule has 19 heavy (non-hydrogen) atoms. The van der Waals surface area contributed by atoms with Gasteiger partial charge < -0.3 is 15.6 Å². The molecule has 0 radical (unpaired) electrons. The second-order valence-electron chi connectivity index (χ2n) is 4.08. The Balaban J connectivity index is 2.10. The highest BCUT2D eigenvalue weighted by Crippen LogP contribution is 2.35. The van der Waals surface area contributed by atoms with E-state index in [0.717, 1.165) is 11.1 Å². The maximum Gasteiger partial charge on any atom is 0.157 e. The zero-order valence-corrected chi connectivity index (χ0v) is 11.6. The highest BCUT2D eigenvalue weighted by molar-refractivity contribution is 6.37. The molecule has 0 atom stereocenters. The summed E-state index contributed by atoms with van der Waals surface area (Å²) in [6.07, 6.45) is 0. The van der Waals surface area contributed by atoms with Gasteiger partial charge in [0.1, 0.15) is 6.61 Å². The lowest BCUT2D eigenvalue weighted by Crippen LogP contribution is -1.98. The smallest absolute Gasteiger partial charge is 0.157 e.